The van der Waals surface area contributed by atoms with Crippen LogP contribution in [0.3, 0.4) is 0 Å². The second-order valence-electron chi connectivity index (χ2n) is 3.99. The second-order valence-corrected chi connectivity index (χ2v) is 3.99. The van der Waals surface area contributed by atoms with Crippen LogP contribution in [0.2, 0.25) is 0 Å². The number of hydrogen-bond acceptors (Lipinski definition) is 7. The third-order valence-corrected chi connectivity index (χ3v) is 2.47. The molecule has 1 aliphatic rings. The van der Waals surface area contributed by atoms with Crippen LogP contribution in [0.25, 0.3) is 0 Å². The molecule has 0 unspecified atom stereocenters. The third kappa shape index (κ3) is 2.31. The molecular weight excluding hydrogens is 224 g/mol. The van der Waals surface area contributed by atoms with Gasteiger partial charge < -0.3 is 9.26 Å². The van der Waals surface area contributed by atoms with Gasteiger partial charge in [0.2, 0.25) is 5.89 Å². The molecule has 2 aromatic rings. The molecular formula is C9H12N6O2. The Morgan fingerprint density at radius 1 is 1.47 bits per heavy atom. The van der Waals surface area contributed by atoms with Gasteiger partial charge in [0.05, 0.1) is 0 Å². The van der Waals surface area contributed by atoms with Crippen LogP contribution < -0.4 is 0 Å². The van der Waals surface area contributed by atoms with Crippen molar-refractivity contribution in [2.24, 2.45) is 0 Å². The van der Waals surface area contributed by atoms with Crippen molar-refractivity contribution in [2.75, 3.05) is 7.11 Å². The van der Waals surface area contributed by atoms with Gasteiger partial charge in [0.1, 0.15) is 13.2 Å². The molecule has 0 atom stereocenters. The molecule has 1 aliphatic carbocycles. The first-order valence-electron chi connectivity index (χ1n) is 5.43. The second kappa shape index (κ2) is 4.21. The Bertz CT molecular complexity index is 503. The molecule has 0 N–H and O–H groups in total. The molecule has 2 heterocycles. The van der Waals surface area contributed by atoms with Crippen LogP contribution >= 0.6 is 0 Å². The Morgan fingerprint density at radius 2 is 2.35 bits per heavy atom. The van der Waals surface area contributed by atoms with Gasteiger partial charge in [-0.2, -0.15) is 9.78 Å². The van der Waals surface area contributed by atoms with Gasteiger partial charge in [0, 0.05) is 13.0 Å². The van der Waals surface area contributed by atoms with Crippen LogP contribution in [0.1, 0.15) is 36.3 Å². The number of aromatic nitrogens is 6. The monoisotopic (exact) mass is 236 g/mol. The summed E-state index contributed by atoms with van der Waals surface area (Å²) < 4.78 is 9.94. The van der Waals surface area contributed by atoms with Crippen molar-refractivity contribution in [1.82, 2.24) is 30.3 Å². The molecule has 8 heteroatoms. The maximum atomic E-state index is 5.04. The normalized spacial score (nSPS) is 15.4. The van der Waals surface area contributed by atoms with Crippen LogP contribution in [0.5, 0.6) is 0 Å². The van der Waals surface area contributed by atoms with Crippen LogP contribution in [0.15, 0.2) is 4.52 Å². The largest absolute Gasteiger partial charge is 0.377 e. The number of nitrogens with zero attached hydrogens (tertiary/aromatic N) is 6. The minimum Gasteiger partial charge on any atom is -0.377 e. The molecule has 3 rings (SSSR count). The number of methoxy groups -OCH3 is 1. The summed E-state index contributed by atoms with van der Waals surface area (Å²) in [7, 11) is 1.58. The van der Waals surface area contributed by atoms with Crippen molar-refractivity contribution in [1.29, 1.82) is 0 Å². The van der Waals surface area contributed by atoms with E-state index in [-0.39, 0.29) is 0 Å². The van der Waals surface area contributed by atoms with Gasteiger partial charge in [-0.25, -0.2) is 0 Å². The summed E-state index contributed by atoms with van der Waals surface area (Å²) in [6.45, 7) is 0.679. The van der Waals surface area contributed by atoms with E-state index >= 15 is 0 Å². The standard InChI is InChI=1S/C9H12N6O2/c1-16-5-7-10-8(17-13-7)4-15-12-9(11-14-15)6-2-3-6/h6H,2-5H2,1H3. The number of rotatable bonds is 5. The fraction of sp³-hybridized carbons (Fsp3) is 0.667. The number of ether oxygens (including phenoxy) is 1. The van der Waals surface area contributed by atoms with Gasteiger partial charge in [0.15, 0.2) is 11.6 Å². The average molecular weight is 236 g/mol. The van der Waals surface area contributed by atoms with Gasteiger partial charge in [-0.1, -0.05) is 5.16 Å². The number of hydrogen-bond donors (Lipinski definition) is 0. The third-order valence-electron chi connectivity index (χ3n) is 2.47. The summed E-state index contributed by atoms with van der Waals surface area (Å²) in [6.07, 6.45) is 2.31. The van der Waals surface area contributed by atoms with E-state index in [9.17, 15) is 0 Å². The molecule has 90 valence electrons. The SMILES string of the molecule is COCc1noc(Cn2nnc(C3CC3)n2)n1. The molecule has 0 amide bonds. The van der Waals surface area contributed by atoms with Crippen molar-refractivity contribution in [3.8, 4) is 0 Å². The highest BCUT2D eigenvalue weighted by Gasteiger charge is 2.28. The summed E-state index contributed by atoms with van der Waals surface area (Å²) in [5, 5.41) is 15.9. The molecule has 17 heavy (non-hydrogen) atoms. The lowest BCUT2D eigenvalue weighted by Gasteiger charge is -1.90. The Morgan fingerprint density at radius 3 is 3.12 bits per heavy atom. The van der Waals surface area contributed by atoms with E-state index in [0.29, 0.717) is 30.8 Å². The van der Waals surface area contributed by atoms with Gasteiger partial charge >= 0.3 is 0 Å². The molecule has 8 nitrogen and oxygen atoms in total. The van der Waals surface area contributed by atoms with Crippen LogP contribution in [0, 0.1) is 0 Å². The highest BCUT2D eigenvalue weighted by molar-refractivity contribution is 5.00. The van der Waals surface area contributed by atoms with E-state index in [1.165, 1.54) is 4.80 Å². The Hall–Kier alpha value is -1.83. The topological polar surface area (TPSA) is 91.8 Å². The van der Waals surface area contributed by atoms with Gasteiger partial charge in [-0.15, -0.1) is 10.2 Å². The van der Waals surface area contributed by atoms with Gasteiger partial charge in [-0.05, 0) is 18.1 Å². The average Bonchev–Trinajstić information content (AvgIpc) is 2.92. The van der Waals surface area contributed by atoms with Crippen molar-refractivity contribution in [3.05, 3.63) is 17.5 Å². The maximum Gasteiger partial charge on any atom is 0.250 e. The summed E-state index contributed by atoms with van der Waals surface area (Å²) >= 11 is 0. The fourth-order valence-electron chi connectivity index (χ4n) is 1.49. The first kappa shape index (κ1) is 10.3. The zero-order valence-electron chi connectivity index (χ0n) is 9.41. The zero-order valence-corrected chi connectivity index (χ0v) is 9.41. The van der Waals surface area contributed by atoms with Crippen LogP contribution in [0.4, 0.5) is 0 Å². The summed E-state index contributed by atoms with van der Waals surface area (Å²) in [6, 6.07) is 0. The molecule has 0 aliphatic heterocycles. The van der Waals surface area contributed by atoms with Crippen molar-refractivity contribution in [3.63, 3.8) is 0 Å². The van der Waals surface area contributed by atoms with Gasteiger partial charge in [0.25, 0.3) is 0 Å². The van der Waals surface area contributed by atoms with Crippen molar-refractivity contribution < 1.29 is 9.26 Å². The summed E-state index contributed by atoms with van der Waals surface area (Å²) in [4.78, 5) is 5.60. The van der Waals surface area contributed by atoms with E-state index in [0.717, 1.165) is 18.7 Å². The fourth-order valence-corrected chi connectivity index (χ4v) is 1.49. The number of tetrazole rings is 1. The maximum absolute atomic E-state index is 5.04. The lowest BCUT2D eigenvalue weighted by Crippen LogP contribution is -2.04. The molecule has 0 radical (unpaired) electrons. The minimum absolute atomic E-state index is 0.335. The Kier molecular flexibility index (Phi) is 2.56. The van der Waals surface area contributed by atoms with E-state index in [1.54, 1.807) is 7.11 Å². The lowest BCUT2D eigenvalue weighted by molar-refractivity contribution is 0.174. The Labute approximate surface area is 97.0 Å². The predicted molar refractivity (Wildman–Crippen MR) is 53.9 cm³/mol. The van der Waals surface area contributed by atoms with Crippen LogP contribution in [-0.4, -0.2) is 37.5 Å². The summed E-state index contributed by atoms with van der Waals surface area (Å²) in [5.74, 6) is 2.28. The first-order valence-corrected chi connectivity index (χ1v) is 5.43. The Balaban J connectivity index is 1.67. The quantitative estimate of drug-likeness (QED) is 0.728. The van der Waals surface area contributed by atoms with E-state index in [2.05, 4.69) is 25.6 Å². The molecule has 0 aromatic carbocycles. The first-order chi connectivity index (χ1) is 8.35. The molecule has 0 bridgehead atoms. The molecule has 1 saturated carbocycles. The highest BCUT2D eigenvalue weighted by atomic mass is 16.5. The highest BCUT2D eigenvalue weighted by Crippen LogP contribution is 2.37. The van der Waals surface area contributed by atoms with E-state index in [4.69, 9.17) is 9.26 Å². The van der Waals surface area contributed by atoms with Crippen molar-refractivity contribution in [2.45, 2.75) is 31.9 Å². The predicted octanol–water partition coefficient (Wildman–Crippen LogP) is 0.128. The van der Waals surface area contributed by atoms with Crippen molar-refractivity contribution >= 4 is 0 Å². The molecule has 2 aromatic heterocycles. The molecule has 1 fully saturated rings. The van der Waals surface area contributed by atoms with Crippen LogP contribution in [-0.2, 0) is 17.9 Å². The smallest absolute Gasteiger partial charge is 0.250 e. The van der Waals surface area contributed by atoms with E-state index < -0.39 is 0 Å². The van der Waals surface area contributed by atoms with E-state index in [1.807, 2.05) is 0 Å². The zero-order chi connectivity index (χ0) is 11.7. The van der Waals surface area contributed by atoms with Gasteiger partial charge in [-0.3, -0.25) is 0 Å². The lowest BCUT2D eigenvalue weighted by atomic mass is 10.4. The minimum atomic E-state index is 0.335. The molecule has 0 saturated heterocycles. The molecule has 0 spiro atoms. The summed E-state index contributed by atoms with van der Waals surface area (Å²) in [5.41, 5.74) is 0.